The topological polar surface area (TPSA) is 81.3 Å². The first kappa shape index (κ1) is 23.3. The second kappa shape index (κ2) is 9.58. The summed E-state index contributed by atoms with van der Waals surface area (Å²) in [7, 11) is 0. The lowest BCUT2D eigenvalue weighted by atomic mass is 10.1. The molecule has 1 atom stereocenters. The highest BCUT2D eigenvalue weighted by Crippen LogP contribution is 2.32. The van der Waals surface area contributed by atoms with Gasteiger partial charge in [0.2, 0.25) is 5.95 Å². The monoisotopic (exact) mass is 471 g/mol. The number of aromatic nitrogens is 2. The van der Waals surface area contributed by atoms with Crippen LogP contribution < -0.4 is 20.7 Å². The van der Waals surface area contributed by atoms with Crippen molar-refractivity contribution in [3.05, 3.63) is 87.8 Å². The largest absolute Gasteiger partial charge is 0.416 e. The Kier molecular flexibility index (Phi) is 6.58. The predicted molar refractivity (Wildman–Crippen MR) is 123 cm³/mol. The number of H-pyrrole nitrogens is 1. The van der Waals surface area contributed by atoms with Crippen LogP contribution in [0.2, 0.25) is 0 Å². The molecule has 7 nitrogen and oxygen atoms in total. The number of halogens is 3. The van der Waals surface area contributed by atoms with Crippen molar-refractivity contribution < 1.29 is 18.0 Å². The molecule has 1 aromatic heterocycles. The van der Waals surface area contributed by atoms with Gasteiger partial charge in [-0.15, -0.1) is 0 Å². The van der Waals surface area contributed by atoms with Crippen molar-refractivity contribution in [1.29, 1.82) is 0 Å². The number of nitrogens with one attached hydrogen (secondary N) is 2. The van der Waals surface area contributed by atoms with E-state index < -0.39 is 23.2 Å². The molecule has 4 rings (SSSR count). The van der Waals surface area contributed by atoms with Crippen LogP contribution in [0.25, 0.3) is 0 Å². The van der Waals surface area contributed by atoms with Gasteiger partial charge in [0, 0.05) is 38.1 Å². The minimum absolute atomic E-state index is 0.0888. The number of nitrogens with zero attached hydrogens (tertiary/aromatic N) is 3. The predicted octanol–water partition coefficient (Wildman–Crippen LogP) is 3.61. The molecule has 1 unspecified atom stereocenters. The van der Waals surface area contributed by atoms with E-state index in [4.69, 9.17) is 0 Å². The molecule has 2 N–H and O–H groups in total. The van der Waals surface area contributed by atoms with Crippen molar-refractivity contribution in [1.82, 2.24) is 15.3 Å². The fourth-order valence-electron chi connectivity index (χ4n) is 3.86. The van der Waals surface area contributed by atoms with E-state index in [0.717, 1.165) is 17.7 Å². The third-order valence-corrected chi connectivity index (χ3v) is 5.80. The van der Waals surface area contributed by atoms with E-state index in [-0.39, 0.29) is 11.6 Å². The third-order valence-electron chi connectivity index (χ3n) is 5.80. The van der Waals surface area contributed by atoms with E-state index in [1.165, 1.54) is 12.3 Å². The van der Waals surface area contributed by atoms with E-state index in [2.05, 4.69) is 15.3 Å². The van der Waals surface area contributed by atoms with Gasteiger partial charge in [0.15, 0.2) is 0 Å². The Balaban J connectivity index is 1.39. The molecule has 0 radical (unpaired) electrons. The number of anilines is 2. The second-order valence-electron chi connectivity index (χ2n) is 8.08. The molecule has 1 amide bonds. The number of carbonyl (C=O) groups is 1. The standard InChI is InChI=1S/C24H24F3N5O2/c1-16(17-6-3-2-4-7-17)29-21(33)20-15-28-23(30-22(20)34)32-12-10-31(11-13-32)19-9-5-8-18(14-19)24(25,26)27/h2-9,14-16H,10-13H2,1H3,(H,29,33)(H,28,30,34). The second-order valence-corrected chi connectivity index (χ2v) is 8.08. The fourth-order valence-corrected chi connectivity index (χ4v) is 3.86. The zero-order chi connectivity index (χ0) is 24.3. The van der Waals surface area contributed by atoms with Crippen LogP contribution in [-0.4, -0.2) is 42.1 Å². The zero-order valence-corrected chi connectivity index (χ0v) is 18.5. The van der Waals surface area contributed by atoms with Crippen LogP contribution in [0.3, 0.4) is 0 Å². The maximum absolute atomic E-state index is 13.0. The van der Waals surface area contributed by atoms with Crippen molar-refractivity contribution in [3.63, 3.8) is 0 Å². The van der Waals surface area contributed by atoms with Gasteiger partial charge in [-0.3, -0.25) is 14.6 Å². The van der Waals surface area contributed by atoms with Gasteiger partial charge in [0.1, 0.15) is 5.56 Å². The quantitative estimate of drug-likeness (QED) is 0.594. The maximum Gasteiger partial charge on any atom is 0.416 e. The Hall–Kier alpha value is -3.82. The summed E-state index contributed by atoms with van der Waals surface area (Å²) in [5, 5.41) is 2.79. The van der Waals surface area contributed by atoms with Gasteiger partial charge in [-0.1, -0.05) is 36.4 Å². The SMILES string of the molecule is CC(NC(=O)c1cnc(N2CCN(c3cccc(C(F)(F)F)c3)CC2)[nH]c1=O)c1ccccc1. The lowest BCUT2D eigenvalue weighted by molar-refractivity contribution is -0.137. The number of hydrogen-bond donors (Lipinski definition) is 2. The van der Waals surface area contributed by atoms with Crippen LogP contribution in [0.4, 0.5) is 24.8 Å². The molecular weight excluding hydrogens is 447 g/mol. The van der Waals surface area contributed by atoms with Gasteiger partial charge in [0.25, 0.3) is 11.5 Å². The third kappa shape index (κ3) is 5.22. The van der Waals surface area contributed by atoms with Crippen LogP contribution in [0.1, 0.15) is 34.5 Å². The molecule has 0 spiro atoms. The van der Waals surface area contributed by atoms with Gasteiger partial charge in [-0.05, 0) is 30.7 Å². The smallest absolute Gasteiger partial charge is 0.368 e. The molecule has 1 aliphatic rings. The van der Waals surface area contributed by atoms with Crippen LogP contribution in [-0.2, 0) is 6.18 Å². The van der Waals surface area contributed by atoms with E-state index in [1.807, 2.05) is 47.1 Å². The van der Waals surface area contributed by atoms with Crippen LogP contribution in [0.5, 0.6) is 0 Å². The summed E-state index contributed by atoms with van der Waals surface area (Å²) in [6.45, 7) is 3.66. The molecule has 1 aliphatic heterocycles. The summed E-state index contributed by atoms with van der Waals surface area (Å²) < 4.78 is 39.0. The van der Waals surface area contributed by atoms with Crippen molar-refractivity contribution in [2.75, 3.05) is 36.0 Å². The molecule has 0 aliphatic carbocycles. The Bertz CT molecular complexity index is 1200. The summed E-state index contributed by atoms with van der Waals surface area (Å²) >= 11 is 0. The number of benzene rings is 2. The molecule has 178 valence electrons. The zero-order valence-electron chi connectivity index (χ0n) is 18.5. The molecule has 1 saturated heterocycles. The van der Waals surface area contributed by atoms with E-state index in [1.54, 1.807) is 6.07 Å². The first-order valence-electron chi connectivity index (χ1n) is 10.8. The summed E-state index contributed by atoms with van der Waals surface area (Å²) in [6.07, 6.45) is -3.14. The summed E-state index contributed by atoms with van der Waals surface area (Å²) in [5.41, 5.74) is 0.0806. The van der Waals surface area contributed by atoms with Crippen LogP contribution >= 0.6 is 0 Å². The highest BCUT2D eigenvalue weighted by Gasteiger charge is 2.31. The average molecular weight is 471 g/mol. The van der Waals surface area contributed by atoms with Gasteiger partial charge in [-0.2, -0.15) is 13.2 Å². The van der Waals surface area contributed by atoms with E-state index >= 15 is 0 Å². The van der Waals surface area contributed by atoms with Crippen LogP contribution in [0, 0.1) is 0 Å². The van der Waals surface area contributed by atoms with Crippen molar-refractivity contribution in [2.45, 2.75) is 19.1 Å². The molecule has 0 bridgehead atoms. The Labute approximate surface area is 194 Å². The van der Waals surface area contributed by atoms with Gasteiger partial charge < -0.3 is 15.1 Å². The number of aromatic amines is 1. The Morgan fingerprint density at radius 2 is 1.71 bits per heavy atom. The number of rotatable bonds is 5. The Morgan fingerprint density at radius 3 is 2.35 bits per heavy atom. The number of alkyl halides is 3. The first-order valence-corrected chi connectivity index (χ1v) is 10.8. The molecule has 2 aromatic carbocycles. The Morgan fingerprint density at radius 1 is 1.03 bits per heavy atom. The molecule has 10 heteroatoms. The summed E-state index contributed by atoms with van der Waals surface area (Å²) in [5.74, 6) is -0.202. The van der Waals surface area contributed by atoms with Gasteiger partial charge in [-0.25, -0.2) is 4.98 Å². The van der Waals surface area contributed by atoms with Gasteiger partial charge in [0.05, 0.1) is 11.6 Å². The number of piperazine rings is 1. The molecule has 2 heterocycles. The molecule has 34 heavy (non-hydrogen) atoms. The highest BCUT2D eigenvalue weighted by atomic mass is 19.4. The van der Waals surface area contributed by atoms with E-state index in [0.29, 0.717) is 37.8 Å². The van der Waals surface area contributed by atoms with Crippen molar-refractivity contribution in [3.8, 4) is 0 Å². The average Bonchev–Trinajstić information content (AvgIpc) is 2.84. The number of carbonyl (C=O) groups excluding carboxylic acids is 1. The maximum atomic E-state index is 13.0. The van der Waals surface area contributed by atoms with Crippen molar-refractivity contribution >= 4 is 17.5 Å². The first-order chi connectivity index (χ1) is 16.2. The molecule has 1 fully saturated rings. The summed E-state index contributed by atoms with van der Waals surface area (Å²) in [4.78, 5) is 35.7. The number of hydrogen-bond acceptors (Lipinski definition) is 5. The van der Waals surface area contributed by atoms with Crippen molar-refractivity contribution in [2.24, 2.45) is 0 Å². The fraction of sp³-hybridized carbons (Fsp3) is 0.292. The highest BCUT2D eigenvalue weighted by molar-refractivity contribution is 5.93. The minimum atomic E-state index is -4.39. The number of amides is 1. The van der Waals surface area contributed by atoms with E-state index in [9.17, 15) is 22.8 Å². The lowest BCUT2D eigenvalue weighted by Gasteiger charge is -2.36. The normalized spacial score (nSPS) is 15.2. The molecule has 3 aromatic rings. The molecular formula is C24H24F3N5O2. The molecule has 0 saturated carbocycles. The summed E-state index contributed by atoms with van der Waals surface area (Å²) in [6, 6.07) is 14.3. The lowest BCUT2D eigenvalue weighted by Crippen LogP contribution is -2.47. The minimum Gasteiger partial charge on any atom is -0.368 e. The van der Waals surface area contributed by atoms with Gasteiger partial charge >= 0.3 is 6.18 Å². The van der Waals surface area contributed by atoms with Crippen LogP contribution in [0.15, 0.2) is 65.6 Å².